The van der Waals surface area contributed by atoms with E-state index in [1.807, 2.05) is 49.6 Å². The van der Waals surface area contributed by atoms with E-state index in [0.29, 0.717) is 0 Å². The molecule has 94 valence electrons. The lowest BCUT2D eigenvalue weighted by atomic mass is 10.1. The Labute approximate surface area is 108 Å². The Morgan fingerprint density at radius 3 is 2.56 bits per heavy atom. The van der Waals surface area contributed by atoms with Crippen LogP contribution in [0.2, 0.25) is 0 Å². The molecule has 0 saturated carbocycles. The molecular weight excluding hydrogens is 224 g/mol. The Kier molecular flexibility index (Phi) is 3.77. The summed E-state index contributed by atoms with van der Waals surface area (Å²) in [5, 5.41) is 3.40. The average molecular weight is 242 g/mol. The molecule has 0 spiro atoms. The molecule has 1 N–H and O–H groups in total. The number of anilines is 2. The number of hydrogen-bond acceptors (Lipinski definition) is 4. The van der Waals surface area contributed by atoms with Crippen molar-refractivity contribution < 1.29 is 0 Å². The summed E-state index contributed by atoms with van der Waals surface area (Å²) in [6.45, 7) is 2.11. The predicted octanol–water partition coefficient (Wildman–Crippen LogP) is 2.72. The van der Waals surface area contributed by atoms with Crippen LogP contribution in [0.25, 0.3) is 0 Å². The number of nitrogens with zero attached hydrogens (tertiary/aromatic N) is 3. The van der Waals surface area contributed by atoms with Crippen molar-refractivity contribution in [3.05, 3.63) is 48.4 Å². The number of aromatic nitrogens is 2. The lowest BCUT2D eigenvalue weighted by molar-refractivity contribution is 0.873. The van der Waals surface area contributed by atoms with Gasteiger partial charge in [-0.1, -0.05) is 6.07 Å². The molecule has 0 aliphatic carbocycles. The van der Waals surface area contributed by atoms with Crippen LogP contribution in [-0.2, 0) is 0 Å². The van der Waals surface area contributed by atoms with Gasteiger partial charge < -0.3 is 10.2 Å². The minimum atomic E-state index is 0.214. The second-order valence-electron chi connectivity index (χ2n) is 4.45. The van der Waals surface area contributed by atoms with E-state index >= 15 is 0 Å². The van der Waals surface area contributed by atoms with Crippen LogP contribution in [0.15, 0.2) is 42.9 Å². The fourth-order valence-corrected chi connectivity index (χ4v) is 1.70. The van der Waals surface area contributed by atoms with E-state index in [1.54, 1.807) is 6.20 Å². The first kappa shape index (κ1) is 12.4. The van der Waals surface area contributed by atoms with Crippen LogP contribution in [0.4, 0.5) is 11.5 Å². The van der Waals surface area contributed by atoms with Gasteiger partial charge in [-0.15, -0.1) is 0 Å². The summed E-state index contributed by atoms with van der Waals surface area (Å²) in [4.78, 5) is 10.5. The van der Waals surface area contributed by atoms with E-state index in [9.17, 15) is 0 Å². The zero-order valence-electron chi connectivity index (χ0n) is 11.0. The van der Waals surface area contributed by atoms with Crippen LogP contribution >= 0.6 is 0 Å². The van der Waals surface area contributed by atoms with Crippen molar-refractivity contribution in [1.29, 1.82) is 0 Å². The second-order valence-corrected chi connectivity index (χ2v) is 4.45. The highest BCUT2D eigenvalue weighted by molar-refractivity contribution is 5.49. The Balaban J connectivity index is 2.05. The van der Waals surface area contributed by atoms with Crippen molar-refractivity contribution >= 4 is 11.5 Å². The lowest BCUT2D eigenvalue weighted by Crippen LogP contribution is -2.11. The lowest BCUT2D eigenvalue weighted by Gasteiger charge is -2.16. The van der Waals surface area contributed by atoms with Crippen molar-refractivity contribution in [1.82, 2.24) is 9.97 Å². The van der Waals surface area contributed by atoms with Gasteiger partial charge in [0.2, 0.25) is 0 Å². The molecule has 0 saturated heterocycles. The van der Waals surface area contributed by atoms with E-state index in [4.69, 9.17) is 0 Å². The van der Waals surface area contributed by atoms with Crippen LogP contribution in [0.5, 0.6) is 0 Å². The summed E-state index contributed by atoms with van der Waals surface area (Å²) in [6, 6.07) is 8.26. The number of nitrogens with one attached hydrogen (secondary N) is 1. The molecule has 1 unspecified atom stereocenters. The van der Waals surface area contributed by atoms with Crippen molar-refractivity contribution in [2.75, 3.05) is 24.3 Å². The van der Waals surface area contributed by atoms with Gasteiger partial charge in [-0.2, -0.15) is 0 Å². The smallest absolute Gasteiger partial charge is 0.128 e. The molecule has 1 atom stereocenters. The van der Waals surface area contributed by atoms with Gasteiger partial charge in [-0.05, 0) is 30.7 Å². The van der Waals surface area contributed by atoms with Gasteiger partial charge in [-0.25, -0.2) is 4.98 Å². The molecular formula is C14H18N4. The molecule has 4 heteroatoms. The van der Waals surface area contributed by atoms with Gasteiger partial charge >= 0.3 is 0 Å². The van der Waals surface area contributed by atoms with Gasteiger partial charge in [0.05, 0.1) is 17.9 Å². The minimum absolute atomic E-state index is 0.214. The van der Waals surface area contributed by atoms with E-state index in [2.05, 4.69) is 28.3 Å². The average Bonchev–Trinajstić information content (AvgIpc) is 2.40. The zero-order valence-corrected chi connectivity index (χ0v) is 11.0. The van der Waals surface area contributed by atoms with Crippen molar-refractivity contribution in [2.45, 2.75) is 13.0 Å². The second kappa shape index (κ2) is 5.49. The SMILES string of the molecule is CC(Nc1ccc(N(C)C)nc1)c1cccnc1. The molecule has 0 fully saturated rings. The molecule has 18 heavy (non-hydrogen) atoms. The summed E-state index contributed by atoms with van der Waals surface area (Å²) < 4.78 is 0. The standard InChI is InChI=1S/C14H18N4/c1-11(12-5-4-8-15-9-12)17-13-6-7-14(16-10-13)18(2)3/h4-11,17H,1-3H3. The Morgan fingerprint density at radius 2 is 2.00 bits per heavy atom. The molecule has 2 aromatic rings. The van der Waals surface area contributed by atoms with Crippen molar-refractivity contribution in [3.8, 4) is 0 Å². The van der Waals surface area contributed by atoms with Gasteiger partial charge in [0.15, 0.2) is 0 Å². The quantitative estimate of drug-likeness (QED) is 0.895. The van der Waals surface area contributed by atoms with Gasteiger partial charge in [0, 0.05) is 26.5 Å². The molecule has 0 aliphatic rings. The van der Waals surface area contributed by atoms with Crippen molar-refractivity contribution in [3.63, 3.8) is 0 Å². The highest BCUT2D eigenvalue weighted by Crippen LogP contribution is 2.19. The van der Waals surface area contributed by atoms with Crippen LogP contribution in [0.1, 0.15) is 18.5 Å². The number of hydrogen-bond donors (Lipinski definition) is 1. The topological polar surface area (TPSA) is 41.0 Å². The highest BCUT2D eigenvalue weighted by Gasteiger charge is 2.05. The summed E-state index contributed by atoms with van der Waals surface area (Å²) in [6.07, 6.45) is 5.51. The zero-order chi connectivity index (χ0) is 13.0. The number of pyridine rings is 2. The molecule has 2 aromatic heterocycles. The predicted molar refractivity (Wildman–Crippen MR) is 74.8 cm³/mol. The Bertz CT molecular complexity index is 479. The van der Waals surface area contributed by atoms with Crippen LogP contribution in [-0.4, -0.2) is 24.1 Å². The van der Waals surface area contributed by atoms with Crippen molar-refractivity contribution in [2.24, 2.45) is 0 Å². The minimum Gasteiger partial charge on any atom is -0.377 e. The first-order valence-corrected chi connectivity index (χ1v) is 5.96. The third kappa shape index (κ3) is 2.97. The third-order valence-corrected chi connectivity index (χ3v) is 2.77. The summed E-state index contributed by atoms with van der Waals surface area (Å²) in [5.74, 6) is 0.953. The molecule has 4 nitrogen and oxygen atoms in total. The van der Waals surface area contributed by atoms with E-state index in [-0.39, 0.29) is 6.04 Å². The first-order chi connectivity index (χ1) is 8.66. The Hall–Kier alpha value is -2.10. The molecule has 2 rings (SSSR count). The van der Waals surface area contributed by atoms with E-state index in [0.717, 1.165) is 17.1 Å². The molecule has 0 radical (unpaired) electrons. The van der Waals surface area contributed by atoms with Gasteiger partial charge in [0.25, 0.3) is 0 Å². The molecule has 0 aliphatic heterocycles. The van der Waals surface area contributed by atoms with Gasteiger partial charge in [-0.3, -0.25) is 4.98 Å². The van der Waals surface area contributed by atoms with E-state index < -0.39 is 0 Å². The maximum absolute atomic E-state index is 4.37. The van der Waals surface area contributed by atoms with E-state index in [1.165, 1.54) is 0 Å². The Morgan fingerprint density at radius 1 is 1.17 bits per heavy atom. The normalized spacial score (nSPS) is 11.9. The highest BCUT2D eigenvalue weighted by atomic mass is 15.1. The first-order valence-electron chi connectivity index (χ1n) is 5.96. The molecule has 0 bridgehead atoms. The largest absolute Gasteiger partial charge is 0.377 e. The number of rotatable bonds is 4. The third-order valence-electron chi connectivity index (χ3n) is 2.77. The monoisotopic (exact) mass is 242 g/mol. The molecule has 0 amide bonds. The maximum Gasteiger partial charge on any atom is 0.128 e. The fraction of sp³-hybridized carbons (Fsp3) is 0.286. The summed E-state index contributed by atoms with van der Waals surface area (Å²) in [7, 11) is 3.96. The molecule has 2 heterocycles. The van der Waals surface area contributed by atoms with Crippen LogP contribution in [0.3, 0.4) is 0 Å². The van der Waals surface area contributed by atoms with Crippen LogP contribution in [0, 0.1) is 0 Å². The maximum atomic E-state index is 4.37. The fourth-order valence-electron chi connectivity index (χ4n) is 1.70. The molecule has 0 aromatic carbocycles. The summed E-state index contributed by atoms with van der Waals surface area (Å²) in [5.41, 5.74) is 2.17. The summed E-state index contributed by atoms with van der Waals surface area (Å²) >= 11 is 0. The van der Waals surface area contributed by atoms with Crippen LogP contribution < -0.4 is 10.2 Å². The van der Waals surface area contributed by atoms with Gasteiger partial charge in [0.1, 0.15) is 5.82 Å².